The van der Waals surface area contributed by atoms with Gasteiger partial charge in [0.15, 0.2) is 5.78 Å². The van der Waals surface area contributed by atoms with E-state index in [-0.39, 0.29) is 62.7 Å². The molecule has 8 rings (SSSR count). The van der Waals surface area contributed by atoms with Crippen molar-refractivity contribution >= 4 is 23.6 Å². The molecule has 1 spiro atoms. The lowest BCUT2D eigenvalue weighted by molar-refractivity contribution is -0.265. The van der Waals surface area contributed by atoms with E-state index in [4.69, 9.17) is 14.2 Å². The molecule has 0 heterocycles. The predicted octanol–water partition coefficient (Wildman–Crippen LogP) is 9.28. The van der Waals surface area contributed by atoms with Crippen LogP contribution in [0, 0.1) is 67.5 Å². The molecule has 59 heavy (non-hydrogen) atoms. The quantitative estimate of drug-likeness (QED) is 0.122. The average molecular weight is 812 g/mol. The summed E-state index contributed by atoms with van der Waals surface area (Å²) in [5.41, 5.74) is 1.89. The van der Waals surface area contributed by atoms with Gasteiger partial charge in [0.2, 0.25) is 5.91 Å². The number of fused-ring (bicyclic) bond motifs is 6. The van der Waals surface area contributed by atoms with Gasteiger partial charge in [-0.2, -0.15) is 0 Å². The number of nitrogens with one attached hydrogen (secondary N) is 1. The minimum Gasteiger partial charge on any atom is -0.491 e. The van der Waals surface area contributed by atoms with E-state index in [9.17, 15) is 24.3 Å². The summed E-state index contributed by atoms with van der Waals surface area (Å²) in [7, 11) is 1.65. The molecule has 5 saturated carbocycles. The highest BCUT2D eigenvalue weighted by molar-refractivity contribution is 6.01. The molecule has 0 radical (unpaired) electrons. The number of ether oxygens (including phenoxy) is 3. The van der Waals surface area contributed by atoms with E-state index in [1.807, 2.05) is 38.1 Å². The Bertz CT molecular complexity index is 1970. The molecular formula is C50H69NO8. The zero-order chi connectivity index (χ0) is 42.6. The number of ketones is 1. The molecule has 11 atom stereocenters. The van der Waals surface area contributed by atoms with E-state index in [2.05, 4.69) is 59.0 Å². The number of methoxy groups -OCH3 is 1. The smallest absolute Gasteiger partial charge is 0.309 e. The van der Waals surface area contributed by atoms with Crippen LogP contribution in [0.4, 0.5) is 0 Å². The van der Waals surface area contributed by atoms with Crippen LogP contribution in [0.1, 0.15) is 132 Å². The highest BCUT2D eigenvalue weighted by Crippen LogP contribution is 2.82. The SMILES string of the molecule is COCCOc1ccc(CNC(=O)C[C@@]23CC[C@]4(C)[C@H](CCC5[C@@]6(C)CCC(OC(=O)[C@H]7C[C@@H](C(=O)O)C7(C)C)[C@@]7(C)C=C[C@]76CC[C@]54C)C2=C(C(C)C)C(=O)C3)cc1. The molecule has 9 heteroatoms. The molecule has 1 amide bonds. The van der Waals surface area contributed by atoms with E-state index in [1.165, 1.54) is 5.57 Å². The number of carbonyl (C=O) groups excluding carboxylic acids is 3. The summed E-state index contributed by atoms with van der Waals surface area (Å²) in [4.78, 5) is 53.7. The topological polar surface area (TPSA) is 128 Å². The van der Waals surface area contributed by atoms with Gasteiger partial charge in [-0.15, -0.1) is 0 Å². The fourth-order valence-electron chi connectivity index (χ4n) is 15.2. The molecule has 0 saturated heterocycles. The van der Waals surface area contributed by atoms with Gasteiger partial charge in [-0.3, -0.25) is 19.2 Å². The third-order valence-corrected chi connectivity index (χ3v) is 19.0. The van der Waals surface area contributed by atoms with E-state index in [0.29, 0.717) is 44.9 Å². The monoisotopic (exact) mass is 812 g/mol. The molecule has 0 aliphatic heterocycles. The summed E-state index contributed by atoms with van der Waals surface area (Å²) in [6, 6.07) is 7.81. The lowest BCUT2D eigenvalue weighted by Crippen LogP contribution is -2.72. The molecule has 1 aromatic carbocycles. The molecule has 5 fully saturated rings. The number of carboxylic acid groups (broad SMARTS) is 1. The highest BCUT2D eigenvalue weighted by atomic mass is 16.5. The number of benzene rings is 1. The Morgan fingerprint density at radius 1 is 0.847 bits per heavy atom. The number of allylic oxidation sites excluding steroid dienone is 3. The number of amides is 1. The molecule has 7 aliphatic rings. The maximum Gasteiger partial charge on any atom is 0.309 e. The number of hydrogen-bond donors (Lipinski definition) is 2. The van der Waals surface area contributed by atoms with E-state index < -0.39 is 28.6 Å². The van der Waals surface area contributed by atoms with Crippen molar-refractivity contribution in [1.29, 1.82) is 0 Å². The zero-order valence-electron chi connectivity index (χ0n) is 37.1. The third-order valence-electron chi connectivity index (χ3n) is 19.0. The van der Waals surface area contributed by atoms with Gasteiger partial charge in [-0.1, -0.05) is 85.2 Å². The number of Topliss-reactive ketones (excluding diaryl/α,β-unsaturated/α-hetero) is 1. The van der Waals surface area contributed by atoms with Gasteiger partial charge in [0.1, 0.15) is 18.5 Å². The first-order valence-corrected chi connectivity index (χ1v) is 22.6. The molecule has 7 aliphatic carbocycles. The van der Waals surface area contributed by atoms with Crippen LogP contribution in [0.15, 0.2) is 47.6 Å². The molecule has 1 aromatic rings. The van der Waals surface area contributed by atoms with Crippen molar-refractivity contribution in [2.24, 2.45) is 67.5 Å². The van der Waals surface area contributed by atoms with Gasteiger partial charge in [-0.05, 0) is 120 Å². The molecule has 0 bridgehead atoms. The Labute approximate surface area is 351 Å². The Kier molecular flexibility index (Phi) is 10.2. The Balaban J connectivity index is 1.01. The van der Waals surface area contributed by atoms with Crippen LogP contribution in [-0.2, 0) is 35.2 Å². The van der Waals surface area contributed by atoms with Gasteiger partial charge in [-0.25, -0.2) is 0 Å². The number of aliphatic carboxylic acids is 1. The Morgan fingerprint density at radius 3 is 2.19 bits per heavy atom. The van der Waals surface area contributed by atoms with Crippen LogP contribution in [0.3, 0.4) is 0 Å². The number of esters is 1. The number of carboxylic acids is 1. The predicted molar refractivity (Wildman–Crippen MR) is 225 cm³/mol. The Morgan fingerprint density at radius 2 is 1.56 bits per heavy atom. The van der Waals surface area contributed by atoms with Crippen LogP contribution in [0.25, 0.3) is 0 Å². The van der Waals surface area contributed by atoms with Gasteiger partial charge in [0.25, 0.3) is 0 Å². The van der Waals surface area contributed by atoms with Crippen LogP contribution in [-0.4, -0.2) is 55.2 Å². The van der Waals surface area contributed by atoms with Crippen LogP contribution >= 0.6 is 0 Å². The minimum atomic E-state index is -0.835. The summed E-state index contributed by atoms with van der Waals surface area (Å²) in [5.74, 6) is -0.158. The molecule has 2 unspecified atom stereocenters. The lowest BCUT2D eigenvalue weighted by atomic mass is 9.27. The third kappa shape index (κ3) is 5.92. The highest BCUT2D eigenvalue weighted by Gasteiger charge is 2.76. The first-order chi connectivity index (χ1) is 27.7. The van der Waals surface area contributed by atoms with Gasteiger partial charge < -0.3 is 24.6 Å². The summed E-state index contributed by atoms with van der Waals surface area (Å²) < 4.78 is 17.3. The van der Waals surface area contributed by atoms with Gasteiger partial charge in [0.05, 0.1) is 18.4 Å². The molecular weight excluding hydrogens is 743 g/mol. The lowest BCUT2D eigenvalue weighted by Gasteiger charge is -2.77. The van der Waals surface area contributed by atoms with Crippen molar-refractivity contribution in [3.63, 3.8) is 0 Å². The molecule has 9 nitrogen and oxygen atoms in total. The molecule has 2 N–H and O–H groups in total. The van der Waals surface area contributed by atoms with E-state index in [0.717, 1.165) is 68.3 Å². The normalized spacial score (nSPS) is 41.3. The molecule has 322 valence electrons. The minimum absolute atomic E-state index is 0.00689. The van der Waals surface area contributed by atoms with Crippen molar-refractivity contribution in [2.75, 3.05) is 20.3 Å². The summed E-state index contributed by atoms with van der Waals surface area (Å²) >= 11 is 0. The second kappa shape index (κ2) is 14.3. The van der Waals surface area contributed by atoms with E-state index >= 15 is 0 Å². The van der Waals surface area contributed by atoms with Crippen molar-refractivity contribution in [2.45, 2.75) is 139 Å². The first kappa shape index (κ1) is 42.2. The van der Waals surface area contributed by atoms with Crippen LogP contribution < -0.4 is 10.1 Å². The van der Waals surface area contributed by atoms with Crippen molar-refractivity contribution in [3.8, 4) is 5.75 Å². The van der Waals surface area contributed by atoms with E-state index in [1.54, 1.807) is 7.11 Å². The van der Waals surface area contributed by atoms with Crippen molar-refractivity contribution in [1.82, 2.24) is 5.32 Å². The standard InChI is InChI=1S/C50H69NO8/c1-30(2)40-36(52)27-49(28-39(53)51-29-31-10-12-32(13-11-31)58-25-24-57-9)21-18-45(5)33(41(40)49)14-15-37-46(45,6)19-22-50-23-20-48(50,8)38(16-17-47(37,50)7)59-43(56)35-26-34(42(54)55)44(35,3)4/h10-13,20,23,30,33-35,37-38H,14-19,21-22,24-29H2,1-9H3,(H,51,53)(H,54,55)/t33-,34+,35-,37?,38?,45-,46-,47-,48-,49+,50+/m1/s1. The number of carbonyl (C=O) groups is 4. The maximum atomic E-state index is 14.2. The second-order valence-corrected chi connectivity index (χ2v) is 21.8. The summed E-state index contributed by atoms with van der Waals surface area (Å²) in [5, 5.41) is 12.9. The van der Waals surface area contributed by atoms with Crippen molar-refractivity contribution in [3.05, 3.63) is 53.1 Å². The summed E-state index contributed by atoms with van der Waals surface area (Å²) in [6.07, 6.45) is 13.5. The zero-order valence-corrected chi connectivity index (χ0v) is 37.1. The molecule has 0 aromatic heterocycles. The van der Waals surface area contributed by atoms with Crippen molar-refractivity contribution < 1.29 is 38.5 Å². The van der Waals surface area contributed by atoms with Crippen LogP contribution in [0.5, 0.6) is 5.75 Å². The van der Waals surface area contributed by atoms with Gasteiger partial charge >= 0.3 is 11.9 Å². The fourth-order valence-corrected chi connectivity index (χ4v) is 15.2. The number of hydrogen-bond acceptors (Lipinski definition) is 7. The first-order valence-electron chi connectivity index (χ1n) is 22.6. The second-order valence-electron chi connectivity index (χ2n) is 21.8. The largest absolute Gasteiger partial charge is 0.491 e. The average Bonchev–Trinajstić information content (AvgIpc) is 3.46. The maximum absolute atomic E-state index is 14.2. The fraction of sp³-hybridized carbons (Fsp3) is 0.720. The van der Waals surface area contributed by atoms with Gasteiger partial charge in [0, 0.05) is 42.7 Å². The summed E-state index contributed by atoms with van der Waals surface area (Å²) in [6.45, 7) is 19.5. The van der Waals surface area contributed by atoms with Crippen LogP contribution in [0.2, 0.25) is 0 Å². The number of rotatable bonds is 12. The Hall–Kier alpha value is -3.46.